The Balaban J connectivity index is 2.68. The highest BCUT2D eigenvalue weighted by Crippen LogP contribution is 2.22. The molecule has 1 rings (SSSR count). The minimum Gasteiger partial charge on any atom is -0.444 e. The van der Waals surface area contributed by atoms with Gasteiger partial charge in [-0.2, -0.15) is 0 Å². The molecule has 0 aromatic heterocycles. The Morgan fingerprint density at radius 1 is 1.41 bits per heavy atom. The largest absolute Gasteiger partial charge is 0.444 e. The van der Waals surface area contributed by atoms with Gasteiger partial charge in [-0.3, -0.25) is 0 Å². The van der Waals surface area contributed by atoms with Crippen LogP contribution < -0.4 is 11.1 Å². The molecular formula is C15H23FN2O4. The van der Waals surface area contributed by atoms with Crippen LogP contribution in [0.15, 0.2) is 18.2 Å². The molecular weight excluding hydrogens is 291 g/mol. The number of ether oxygens (including phenoxy) is 1. The van der Waals surface area contributed by atoms with Crippen LogP contribution in [0.5, 0.6) is 0 Å². The fourth-order valence-corrected chi connectivity index (χ4v) is 1.85. The van der Waals surface area contributed by atoms with Gasteiger partial charge in [0.05, 0.1) is 0 Å². The zero-order chi connectivity index (χ0) is 16.9. The van der Waals surface area contributed by atoms with E-state index in [1.807, 2.05) is 0 Å². The Kier molecular flexibility index (Phi) is 6.28. The Hall–Kier alpha value is -1.70. The monoisotopic (exact) mass is 314 g/mol. The molecule has 1 aromatic carbocycles. The highest BCUT2D eigenvalue weighted by molar-refractivity contribution is 5.67. The quantitative estimate of drug-likeness (QED) is 0.654. The molecule has 2 atom stereocenters. The highest BCUT2D eigenvalue weighted by atomic mass is 19.1. The van der Waals surface area contributed by atoms with Crippen LogP contribution in [0.3, 0.4) is 0 Å². The van der Waals surface area contributed by atoms with Gasteiger partial charge in [-0.05, 0) is 44.0 Å². The van der Waals surface area contributed by atoms with Crippen LogP contribution in [0.1, 0.15) is 38.0 Å². The van der Waals surface area contributed by atoms with Crippen molar-refractivity contribution in [3.05, 3.63) is 35.1 Å². The number of hydrogen-bond donors (Lipinski definition) is 4. The van der Waals surface area contributed by atoms with E-state index in [0.717, 1.165) is 6.07 Å². The van der Waals surface area contributed by atoms with E-state index in [-0.39, 0.29) is 18.7 Å². The fourth-order valence-electron chi connectivity index (χ4n) is 1.85. The van der Waals surface area contributed by atoms with Crippen molar-refractivity contribution in [2.45, 2.75) is 45.1 Å². The van der Waals surface area contributed by atoms with Crippen molar-refractivity contribution < 1.29 is 24.1 Å². The molecule has 0 saturated heterocycles. The van der Waals surface area contributed by atoms with Gasteiger partial charge in [0, 0.05) is 13.1 Å². The van der Waals surface area contributed by atoms with Crippen LogP contribution in [-0.2, 0) is 11.3 Å². The molecule has 22 heavy (non-hydrogen) atoms. The second-order valence-electron chi connectivity index (χ2n) is 5.94. The number of aliphatic hydroxyl groups is 2. The number of aliphatic hydroxyl groups excluding tert-OH is 2. The maximum Gasteiger partial charge on any atom is 0.407 e. The molecule has 1 amide bonds. The molecule has 0 heterocycles. The van der Waals surface area contributed by atoms with Crippen LogP contribution in [0.25, 0.3) is 0 Å². The summed E-state index contributed by atoms with van der Waals surface area (Å²) in [4.78, 5) is 11.5. The number of hydrogen-bond acceptors (Lipinski definition) is 5. The highest BCUT2D eigenvalue weighted by Gasteiger charge is 2.23. The third-order valence-electron chi connectivity index (χ3n) is 2.87. The Bertz CT molecular complexity index is 517. The SMILES string of the molecule is CC(C)(C)OC(=O)NCC(O)C(O)c1cc(F)ccc1CN. The van der Waals surface area contributed by atoms with Crippen LogP contribution in [0.4, 0.5) is 9.18 Å². The minimum atomic E-state index is -1.37. The van der Waals surface area contributed by atoms with E-state index in [1.165, 1.54) is 12.1 Å². The molecule has 5 N–H and O–H groups in total. The second-order valence-corrected chi connectivity index (χ2v) is 5.94. The number of rotatable bonds is 5. The number of nitrogens with two attached hydrogens (primary N) is 1. The molecule has 0 bridgehead atoms. The standard InChI is InChI=1S/C15H23FN2O4/c1-15(2,3)22-14(21)18-8-12(19)13(20)11-6-10(16)5-4-9(11)7-17/h4-6,12-13,19-20H,7-8,17H2,1-3H3,(H,18,21). The molecule has 124 valence electrons. The lowest BCUT2D eigenvalue weighted by Crippen LogP contribution is -2.39. The van der Waals surface area contributed by atoms with Crippen molar-refractivity contribution in [3.8, 4) is 0 Å². The fraction of sp³-hybridized carbons (Fsp3) is 0.533. The summed E-state index contributed by atoms with van der Waals surface area (Å²) in [6.07, 6.45) is -3.40. The van der Waals surface area contributed by atoms with Gasteiger partial charge >= 0.3 is 6.09 Å². The first-order valence-electron chi connectivity index (χ1n) is 6.95. The summed E-state index contributed by atoms with van der Waals surface area (Å²) in [6.45, 7) is 4.98. The smallest absolute Gasteiger partial charge is 0.407 e. The average Bonchev–Trinajstić information content (AvgIpc) is 2.42. The van der Waals surface area contributed by atoms with E-state index >= 15 is 0 Å². The Morgan fingerprint density at radius 2 is 2.05 bits per heavy atom. The van der Waals surface area contributed by atoms with Crippen molar-refractivity contribution in [1.29, 1.82) is 0 Å². The number of carbonyl (C=O) groups excluding carboxylic acids is 1. The van der Waals surface area contributed by atoms with Crippen molar-refractivity contribution in [1.82, 2.24) is 5.32 Å². The predicted octanol–water partition coefficient (Wildman–Crippen LogP) is 1.20. The Labute approximate surface area is 129 Å². The van der Waals surface area contributed by atoms with E-state index < -0.39 is 29.7 Å². The van der Waals surface area contributed by atoms with E-state index in [1.54, 1.807) is 20.8 Å². The number of benzene rings is 1. The molecule has 6 nitrogen and oxygen atoms in total. The summed E-state index contributed by atoms with van der Waals surface area (Å²) in [5, 5.41) is 22.4. The number of alkyl carbamates (subject to hydrolysis) is 1. The van der Waals surface area contributed by atoms with Crippen molar-refractivity contribution in [3.63, 3.8) is 0 Å². The first-order chi connectivity index (χ1) is 10.1. The molecule has 0 aliphatic heterocycles. The minimum absolute atomic E-state index is 0.0961. The van der Waals surface area contributed by atoms with Gasteiger partial charge in [0.15, 0.2) is 0 Å². The van der Waals surface area contributed by atoms with Crippen molar-refractivity contribution in [2.24, 2.45) is 5.73 Å². The van der Waals surface area contributed by atoms with Gasteiger partial charge < -0.3 is 26.0 Å². The lowest BCUT2D eigenvalue weighted by atomic mass is 9.98. The second kappa shape index (κ2) is 7.53. The van der Waals surface area contributed by atoms with E-state index in [9.17, 15) is 19.4 Å². The maximum atomic E-state index is 13.3. The average molecular weight is 314 g/mol. The molecule has 7 heteroatoms. The lowest BCUT2D eigenvalue weighted by Gasteiger charge is -2.23. The summed E-state index contributed by atoms with van der Waals surface area (Å²) in [5.74, 6) is -0.543. The molecule has 0 saturated carbocycles. The summed E-state index contributed by atoms with van der Waals surface area (Å²) in [5.41, 5.74) is 5.58. The molecule has 0 radical (unpaired) electrons. The molecule has 2 unspecified atom stereocenters. The summed E-state index contributed by atoms with van der Waals surface area (Å²) in [7, 11) is 0. The first-order valence-corrected chi connectivity index (χ1v) is 6.95. The number of amides is 1. The molecule has 1 aromatic rings. The lowest BCUT2D eigenvalue weighted by molar-refractivity contribution is 0.0124. The van der Waals surface area contributed by atoms with E-state index in [0.29, 0.717) is 5.56 Å². The zero-order valence-electron chi connectivity index (χ0n) is 13.0. The maximum absolute atomic E-state index is 13.3. The summed E-state index contributed by atoms with van der Waals surface area (Å²) >= 11 is 0. The topological polar surface area (TPSA) is 105 Å². The number of carbonyl (C=O) groups is 1. The van der Waals surface area contributed by atoms with Gasteiger partial charge in [0.1, 0.15) is 23.6 Å². The zero-order valence-corrected chi connectivity index (χ0v) is 13.0. The van der Waals surface area contributed by atoms with Crippen molar-refractivity contribution >= 4 is 6.09 Å². The van der Waals surface area contributed by atoms with E-state index in [2.05, 4.69) is 5.32 Å². The summed E-state index contributed by atoms with van der Waals surface area (Å²) < 4.78 is 18.3. The van der Waals surface area contributed by atoms with Gasteiger partial charge in [-0.1, -0.05) is 6.07 Å². The third-order valence-corrected chi connectivity index (χ3v) is 2.87. The van der Waals surface area contributed by atoms with Crippen LogP contribution in [0, 0.1) is 5.82 Å². The normalized spacial score (nSPS) is 14.3. The van der Waals surface area contributed by atoms with Crippen LogP contribution in [-0.4, -0.2) is 34.6 Å². The molecule has 0 spiro atoms. The first kappa shape index (κ1) is 18.3. The van der Waals surface area contributed by atoms with E-state index in [4.69, 9.17) is 10.5 Å². The number of nitrogens with one attached hydrogen (secondary N) is 1. The predicted molar refractivity (Wildman–Crippen MR) is 79.5 cm³/mol. The molecule has 0 aliphatic rings. The van der Waals surface area contributed by atoms with Gasteiger partial charge in [0.25, 0.3) is 0 Å². The number of halogens is 1. The molecule has 0 aliphatic carbocycles. The van der Waals surface area contributed by atoms with Crippen molar-refractivity contribution in [2.75, 3.05) is 6.54 Å². The van der Waals surface area contributed by atoms with Gasteiger partial charge in [0.2, 0.25) is 0 Å². The van der Waals surface area contributed by atoms with Gasteiger partial charge in [-0.25, -0.2) is 9.18 Å². The summed E-state index contributed by atoms with van der Waals surface area (Å²) in [6, 6.07) is 3.79. The third kappa shape index (κ3) is 5.59. The van der Waals surface area contributed by atoms with Gasteiger partial charge in [-0.15, -0.1) is 0 Å². The molecule has 0 fully saturated rings. The van der Waals surface area contributed by atoms with Crippen LogP contribution >= 0.6 is 0 Å². The Morgan fingerprint density at radius 3 is 2.59 bits per heavy atom. The van der Waals surface area contributed by atoms with Crippen LogP contribution in [0.2, 0.25) is 0 Å².